The number of nitrogens with one attached hydrogen (secondary N) is 1. The summed E-state index contributed by atoms with van der Waals surface area (Å²) >= 11 is 1.53. The summed E-state index contributed by atoms with van der Waals surface area (Å²) in [6.07, 6.45) is 1.53. The molecule has 0 unspecified atom stereocenters. The van der Waals surface area contributed by atoms with Crippen molar-refractivity contribution in [2.45, 2.75) is 0 Å². The minimum absolute atomic E-state index is 0.416. The van der Waals surface area contributed by atoms with Crippen LogP contribution in [0.2, 0.25) is 0 Å². The topological polar surface area (TPSA) is 58.6 Å². The van der Waals surface area contributed by atoms with E-state index >= 15 is 0 Å². The zero-order valence-electron chi connectivity index (χ0n) is 6.02. The van der Waals surface area contributed by atoms with Gasteiger partial charge in [0, 0.05) is 0 Å². The molecular formula is C7H5N3OS. The summed E-state index contributed by atoms with van der Waals surface area (Å²) in [5.74, 6) is 0. The van der Waals surface area contributed by atoms with Gasteiger partial charge in [-0.15, -0.1) is 11.3 Å². The smallest absolute Gasteiger partial charge is 0.244 e. The van der Waals surface area contributed by atoms with Crippen molar-refractivity contribution in [3.05, 3.63) is 34.2 Å². The van der Waals surface area contributed by atoms with Crippen molar-refractivity contribution in [2.75, 3.05) is 0 Å². The fourth-order valence-corrected chi connectivity index (χ4v) is 1.53. The van der Waals surface area contributed by atoms with Crippen LogP contribution in [0.4, 0.5) is 0 Å². The average Bonchev–Trinajstić information content (AvgIpc) is 2.56. The van der Waals surface area contributed by atoms with E-state index in [4.69, 9.17) is 0 Å². The quantitative estimate of drug-likeness (QED) is 0.707. The molecule has 0 fully saturated rings. The molecular weight excluding hydrogens is 174 g/mol. The second-order valence-electron chi connectivity index (χ2n) is 2.15. The van der Waals surface area contributed by atoms with Gasteiger partial charge in [-0.3, -0.25) is 0 Å². The van der Waals surface area contributed by atoms with Gasteiger partial charge in [-0.2, -0.15) is 10.1 Å². The third-order valence-electron chi connectivity index (χ3n) is 1.34. The SMILES string of the molecule is O=c1nc(-c2cccs2)cn[nH]1. The fraction of sp³-hybridized carbons (Fsp3) is 0. The first-order chi connectivity index (χ1) is 5.86. The predicted octanol–water partition coefficient (Wildman–Crippen LogP) is 0.893. The fourth-order valence-electron chi connectivity index (χ4n) is 0.855. The molecule has 12 heavy (non-hydrogen) atoms. The number of aromatic nitrogens is 3. The molecule has 0 aromatic carbocycles. The third-order valence-corrected chi connectivity index (χ3v) is 2.24. The van der Waals surface area contributed by atoms with Gasteiger partial charge in [0.15, 0.2) is 0 Å². The number of thiophene rings is 1. The number of hydrogen-bond acceptors (Lipinski definition) is 4. The Labute approximate surface area is 71.9 Å². The Balaban J connectivity index is 2.55. The minimum atomic E-state index is -0.416. The second-order valence-corrected chi connectivity index (χ2v) is 3.10. The van der Waals surface area contributed by atoms with Gasteiger partial charge in [0.05, 0.1) is 11.1 Å². The number of H-pyrrole nitrogens is 1. The zero-order valence-corrected chi connectivity index (χ0v) is 6.84. The molecule has 60 valence electrons. The summed E-state index contributed by atoms with van der Waals surface area (Å²) in [6, 6.07) is 3.80. The van der Waals surface area contributed by atoms with E-state index in [9.17, 15) is 4.79 Å². The molecule has 0 atom stereocenters. The molecule has 0 radical (unpaired) electrons. The van der Waals surface area contributed by atoms with Gasteiger partial charge < -0.3 is 0 Å². The standard InChI is InChI=1S/C7H5N3OS/c11-7-9-5(4-8-10-7)6-2-1-3-12-6/h1-4H,(H,9,10,11). The molecule has 0 saturated carbocycles. The van der Waals surface area contributed by atoms with Crippen molar-refractivity contribution >= 4 is 11.3 Å². The van der Waals surface area contributed by atoms with E-state index in [0.717, 1.165) is 4.88 Å². The Morgan fingerprint density at radius 1 is 1.50 bits per heavy atom. The zero-order chi connectivity index (χ0) is 8.39. The van der Waals surface area contributed by atoms with Gasteiger partial charge in [0.1, 0.15) is 5.69 Å². The molecule has 2 rings (SSSR count). The van der Waals surface area contributed by atoms with Crippen LogP contribution in [0.5, 0.6) is 0 Å². The van der Waals surface area contributed by atoms with Crippen LogP contribution in [-0.4, -0.2) is 15.2 Å². The number of aromatic amines is 1. The maximum absolute atomic E-state index is 10.8. The Morgan fingerprint density at radius 3 is 3.08 bits per heavy atom. The lowest BCUT2D eigenvalue weighted by molar-refractivity contribution is 0.920. The van der Waals surface area contributed by atoms with Gasteiger partial charge in [-0.05, 0) is 11.4 Å². The van der Waals surface area contributed by atoms with Gasteiger partial charge in [0.25, 0.3) is 0 Å². The molecule has 0 saturated heterocycles. The Hall–Kier alpha value is -1.49. The molecule has 0 amide bonds. The molecule has 0 aliphatic rings. The second kappa shape index (κ2) is 2.86. The lowest BCUT2D eigenvalue weighted by atomic mass is 10.4. The van der Waals surface area contributed by atoms with E-state index in [2.05, 4.69) is 15.2 Å². The first-order valence-corrected chi connectivity index (χ1v) is 4.20. The summed E-state index contributed by atoms with van der Waals surface area (Å²) in [7, 11) is 0. The summed E-state index contributed by atoms with van der Waals surface area (Å²) < 4.78 is 0. The van der Waals surface area contributed by atoms with Crippen molar-refractivity contribution in [1.29, 1.82) is 0 Å². The van der Waals surface area contributed by atoms with Crippen LogP contribution in [0.1, 0.15) is 0 Å². The van der Waals surface area contributed by atoms with Crippen LogP contribution >= 0.6 is 11.3 Å². The molecule has 0 aliphatic heterocycles. The molecule has 2 heterocycles. The average molecular weight is 179 g/mol. The molecule has 0 bridgehead atoms. The van der Waals surface area contributed by atoms with Crippen molar-refractivity contribution in [2.24, 2.45) is 0 Å². The first-order valence-electron chi connectivity index (χ1n) is 3.32. The van der Waals surface area contributed by atoms with Crippen LogP contribution in [0, 0.1) is 0 Å². The lowest BCUT2D eigenvalue weighted by Crippen LogP contribution is -2.11. The van der Waals surface area contributed by atoms with Gasteiger partial charge in [0.2, 0.25) is 0 Å². The molecule has 0 aliphatic carbocycles. The van der Waals surface area contributed by atoms with Gasteiger partial charge in [-0.1, -0.05) is 6.07 Å². The van der Waals surface area contributed by atoms with Crippen LogP contribution in [0.25, 0.3) is 10.6 Å². The molecule has 1 N–H and O–H groups in total. The van der Waals surface area contributed by atoms with E-state index < -0.39 is 5.69 Å². The highest BCUT2D eigenvalue weighted by molar-refractivity contribution is 7.13. The minimum Gasteiger partial charge on any atom is -0.244 e. The van der Waals surface area contributed by atoms with Crippen molar-refractivity contribution in [1.82, 2.24) is 15.2 Å². The molecule has 2 aromatic heterocycles. The van der Waals surface area contributed by atoms with Crippen LogP contribution < -0.4 is 5.69 Å². The van der Waals surface area contributed by atoms with E-state index in [0.29, 0.717) is 5.69 Å². The highest BCUT2D eigenvalue weighted by Gasteiger charge is 1.99. The van der Waals surface area contributed by atoms with Crippen LogP contribution in [0.3, 0.4) is 0 Å². The van der Waals surface area contributed by atoms with E-state index in [1.54, 1.807) is 0 Å². The Bertz CT molecular complexity index is 420. The van der Waals surface area contributed by atoms with Gasteiger partial charge >= 0.3 is 5.69 Å². The van der Waals surface area contributed by atoms with E-state index in [1.165, 1.54) is 17.5 Å². The molecule has 4 nitrogen and oxygen atoms in total. The lowest BCUT2D eigenvalue weighted by Gasteiger charge is -1.90. The highest BCUT2D eigenvalue weighted by atomic mass is 32.1. The monoisotopic (exact) mass is 179 g/mol. The summed E-state index contributed by atoms with van der Waals surface area (Å²) in [5, 5.41) is 7.80. The van der Waals surface area contributed by atoms with E-state index in [-0.39, 0.29) is 0 Å². The molecule has 2 aromatic rings. The Kier molecular flexibility index (Phi) is 1.71. The van der Waals surface area contributed by atoms with Crippen molar-refractivity contribution in [3.63, 3.8) is 0 Å². The number of nitrogens with zero attached hydrogens (tertiary/aromatic N) is 2. The number of rotatable bonds is 1. The maximum Gasteiger partial charge on any atom is 0.361 e. The Morgan fingerprint density at radius 2 is 2.42 bits per heavy atom. The third kappa shape index (κ3) is 1.26. The van der Waals surface area contributed by atoms with E-state index in [1.807, 2.05) is 17.5 Å². The largest absolute Gasteiger partial charge is 0.361 e. The summed E-state index contributed by atoms with van der Waals surface area (Å²) in [6.45, 7) is 0. The summed E-state index contributed by atoms with van der Waals surface area (Å²) in [4.78, 5) is 15.5. The van der Waals surface area contributed by atoms with Crippen LogP contribution in [-0.2, 0) is 0 Å². The van der Waals surface area contributed by atoms with Crippen molar-refractivity contribution in [3.8, 4) is 10.6 Å². The van der Waals surface area contributed by atoms with Crippen LogP contribution in [0.15, 0.2) is 28.5 Å². The first kappa shape index (κ1) is 7.17. The summed E-state index contributed by atoms with van der Waals surface area (Å²) in [5.41, 5.74) is 0.203. The van der Waals surface area contributed by atoms with Gasteiger partial charge in [-0.25, -0.2) is 9.89 Å². The van der Waals surface area contributed by atoms with Crippen molar-refractivity contribution < 1.29 is 0 Å². The predicted molar refractivity (Wildman–Crippen MR) is 46.0 cm³/mol. The highest BCUT2D eigenvalue weighted by Crippen LogP contribution is 2.19. The molecule has 5 heteroatoms. The maximum atomic E-state index is 10.8. The number of hydrogen-bond donors (Lipinski definition) is 1. The molecule has 0 spiro atoms. The normalized spacial score (nSPS) is 10.0.